The molecular formula is C22H25N3O3S2. The van der Waals surface area contributed by atoms with Gasteiger partial charge in [-0.05, 0) is 29.6 Å². The lowest BCUT2D eigenvalue weighted by Crippen LogP contribution is -2.48. The molecule has 1 aliphatic heterocycles. The van der Waals surface area contributed by atoms with Crippen molar-refractivity contribution < 1.29 is 14.3 Å². The Balaban J connectivity index is 1.31. The summed E-state index contributed by atoms with van der Waals surface area (Å²) in [7, 11) is 3.35. The first kappa shape index (κ1) is 20.8. The molecule has 4 rings (SSSR count). The number of benzene rings is 1. The first-order valence-electron chi connectivity index (χ1n) is 9.85. The summed E-state index contributed by atoms with van der Waals surface area (Å²) in [6, 6.07) is 9.94. The maximum atomic E-state index is 12.8. The highest BCUT2D eigenvalue weighted by atomic mass is 32.1. The Kier molecular flexibility index (Phi) is 6.66. The smallest absolute Gasteiger partial charge is 0.228 e. The van der Waals surface area contributed by atoms with Crippen molar-refractivity contribution in [2.75, 3.05) is 40.4 Å². The van der Waals surface area contributed by atoms with Gasteiger partial charge in [-0.15, -0.1) is 22.7 Å². The minimum atomic E-state index is 0.150. The molecule has 0 bridgehead atoms. The van der Waals surface area contributed by atoms with E-state index in [2.05, 4.69) is 16.0 Å². The summed E-state index contributed by atoms with van der Waals surface area (Å²) < 4.78 is 10.8. The van der Waals surface area contributed by atoms with Crippen LogP contribution in [-0.4, -0.2) is 61.1 Å². The number of rotatable bonds is 7. The molecule has 2 aromatic heterocycles. The lowest BCUT2D eigenvalue weighted by Gasteiger charge is -2.35. The fourth-order valence-electron chi connectivity index (χ4n) is 3.57. The van der Waals surface area contributed by atoms with E-state index in [1.807, 2.05) is 39.9 Å². The molecule has 0 N–H and O–H groups in total. The molecule has 1 aromatic carbocycles. The van der Waals surface area contributed by atoms with Crippen molar-refractivity contribution in [2.45, 2.75) is 13.0 Å². The molecular weight excluding hydrogens is 418 g/mol. The van der Waals surface area contributed by atoms with Gasteiger partial charge in [0, 0.05) is 43.7 Å². The molecule has 1 saturated heterocycles. The Morgan fingerprint density at radius 2 is 1.93 bits per heavy atom. The molecule has 0 unspecified atom stereocenters. The summed E-state index contributed by atoms with van der Waals surface area (Å²) >= 11 is 3.27. The van der Waals surface area contributed by atoms with Crippen LogP contribution in [0.25, 0.3) is 9.88 Å². The van der Waals surface area contributed by atoms with Gasteiger partial charge in [-0.3, -0.25) is 9.69 Å². The number of ether oxygens (including phenoxy) is 2. The molecule has 3 heterocycles. The third-order valence-corrected chi connectivity index (χ3v) is 7.15. The molecule has 1 fully saturated rings. The second-order valence-corrected chi connectivity index (χ2v) is 8.94. The maximum absolute atomic E-state index is 12.8. The number of hydrogen-bond donors (Lipinski definition) is 0. The van der Waals surface area contributed by atoms with E-state index < -0.39 is 0 Å². The van der Waals surface area contributed by atoms with Crippen LogP contribution in [0.15, 0.2) is 41.1 Å². The number of thiazole rings is 1. The zero-order chi connectivity index (χ0) is 20.9. The van der Waals surface area contributed by atoms with Gasteiger partial charge < -0.3 is 14.4 Å². The monoisotopic (exact) mass is 443 g/mol. The summed E-state index contributed by atoms with van der Waals surface area (Å²) in [5, 5.41) is 5.03. The topological polar surface area (TPSA) is 54.9 Å². The number of carbonyl (C=O) groups excluding carboxylic acids is 1. The standard InChI is InChI=1S/C22H25N3O3S2/c1-27-18-5-6-19(28-2)16(12-18)14-24-7-9-25(10-8-24)21(26)13-17-15-30-22(23-17)20-4-3-11-29-20/h3-6,11-12,15H,7-10,13-14H2,1-2H3. The van der Waals surface area contributed by atoms with E-state index in [0.29, 0.717) is 6.42 Å². The van der Waals surface area contributed by atoms with E-state index in [4.69, 9.17) is 9.47 Å². The van der Waals surface area contributed by atoms with Crippen molar-refractivity contribution in [1.82, 2.24) is 14.8 Å². The van der Waals surface area contributed by atoms with Crippen molar-refractivity contribution in [2.24, 2.45) is 0 Å². The van der Waals surface area contributed by atoms with E-state index in [1.165, 1.54) is 0 Å². The fraction of sp³-hybridized carbons (Fsp3) is 0.364. The highest BCUT2D eigenvalue weighted by Gasteiger charge is 2.23. The van der Waals surface area contributed by atoms with Gasteiger partial charge in [0.2, 0.25) is 5.91 Å². The second-order valence-electron chi connectivity index (χ2n) is 7.13. The minimum absolute atomic E-state index is 0.150. The van der Waals surface area contributed by atoms with E-state index in [0.717, 1.165) is 65.4 Å². The summed E-state index contributed by atoms with van der Waals surface area (Å²) in [6.45, 7) is 3.91. The van der Waals surface area contributed by atoms with Gasteiger partial charge in [-0.2, -0.15) is 0 Å². The van der Waals surface area contributed by atoms with E-state index in [9.17, 15) is 4.79 Å². The van der Waals surface area contributed by atoms with Crippen molar-refractivity contribution >= 4 is 28.6 Å². The van der Waals surface area contributed by atoms with E-state index >= 15 is 0 Å². The Morgan fingerprint density at radius 3 is 2.63 bits per heavy atom. The van der Waals surface area contributed by atoms with Crippen LogP contribution < -0.4 is 9.47 Å². The van der Waals surface area contributed by atoms with Crippen LogP contribution in [-0.2, 0) is 17.8 Å². The molecule has 158 valence electrons. The van der Waals surface area contributed by atoms with Gasteiger partial charge in [0.15, 0.2) is 0 Å². The van der Waals surface area contributed by atoms with Crippen LogP contribution in [0.3, 0.4) is 0 Å². The Labute approximate surface area is 184 Å². The molecule has 6 nitrogen and oxygen atoms in total. The van der Waals surface area contributed by atoms with Crippen LogP contribution in [0.4, 0.5) is 0 Å². The molecule has 8 heteroatoms. The largest absolute Gasteiger partial charge is 0.497 e. The number of piperazine rings is 1. The van der Waals surface area contributed by atoms with Crippen LogP contribution >= 0.6 is 22.7 Å². The van der Waals surface area contributed by atoms with Crippen LogP contribution in [0.1, 0.15) is 11.3 Å². The van der Waals surface area contributed by atoms with Gasteiger partial charge >= 0.3 is 0 Å². The van der Waals surface area contributed by atoms with Crippen molar-refractivity contribution in [3.8, 4) is 21.4 Å². The van der Waals surface area contributed by atoms with Crippen LogP contribution in [0.5, 0.6) is 11.5 Å². The lowest BCUT2D eigenvalue weighted by atomic mass is 10.1. The Morgan fingerprint density at radius 1 is 1.10 bits per heavy atom. The van der Waals surface area contributed by atoms with Gasteiger partial charge in [-0.25, -0.2) is 4.98 Å². The van der Waals surface area contributed by atoms with Crippen molar-refractivity contribution in [1.29, 1.82) is 0 Å². The van der Waals surface area contributed by atoms with Gasteiger partial charge in [0.05, 0.1) is 31.2 Å². The summed E-state index contributed by atoms with van der Waals surface area (Å²) in [6.07, 6.45) is 0.367. The molecule has 0 radical (unpaired) electrons. The third kappa shape index (κ3) is 4.83. The summed E-state index contributed by atoms with van der Waals surface area (Å²) in [5.74, 6) is 1.83. The quantitative estimate of drug-likeness (QED) is 0.556. The third-order valence-electron chi connectivity index (χ3n) is 5.22. The number of hydrogen-bond acceptors (Lipinski definition) is 7. The Hall–Kier alpha value is -2.42. The molecule has 1 aliphatic rings. The molecule has 3 aromatic rings. The first-order valence-corrected chi connectivity index (χ1v) is 11.6. The number of carbonyl (C=O) groups is 1. The van der Waals surface area contributed by atoms with E-state index in [1.54, 1.807) is 36.9 Å². The molecule has 0 spiro atoms. The van der Waals surface area contributed by atoms with Gasteiger partial charge in [0.25, 0.3) is 0 Å². The molecule has 30 heavy (non-hydrogen) atoms. The van der Waals surface area contributed by atoms with Crippen molar-refractivity contribution in [3.63, 3.8) is 0 Å². The summed E-state index contributed by atoms with van der Waals surface area (Å²) in [4.78, 5) is 22.8. The zero-order valence-electron chi connectivity index (χ0n) is 17.2. The number of amides is 1. The van der Waals surface area contributed by atoms with Gasteiger partial charge in [0.1, 0.15) is 16.5 Å². The zero-order valence-corrected chi connectivity index (χ0v) is 18.8. The van der Waals surface area contributed by atoms with Crippen LogP contribution in [0.2, 0.25) is 0 Å². The van der Waals surface area contributed by atoms with Crippen LogP contribution in [0, 0.1) is 0 Å². The number of nitrogens with zero attached hydrogens (tertiary/aromatic N) is 3. The highest BCUT2D eigenvalue weighted by Crippen LogP contribution is 2.28. The molecule has 1 amide bonds. The average molecular weight is 444 g/mol. The number of methoxy groups -OCH3 is 2. The first-order chi connectivity index (χ1) is 14.7. The normalized spacial score (nSPS) is 14.7. The minimum Gasteiger partial charge on any atom is -0.497 e. The molecule has 0 atom stereocenters. The lowest BCUT2D eigenvalue weighted by molar-refractivity contribution is -0.132. The SMILES string of the molecule is COc1ccc(OC)c(CN2CCN(C(=O)Cc3csc(-c4cccs4)n3)CC2)c1. The predicted molar refractivity (Wildman–Crippen MR) is 121 cm³/mol. The van der Waals surface area contributed by atoms with Gasteiger partial charge in [-0.1, -0.05) is 6.07 Å². The predicted octanol–water partition coefficient (Wildman–Crippen LogP) is 3.78. The second kappa shape index (κ2) is 9.59. The highest BCUT2D eigenvalue weighted by molar-refractivity contribution is 7.20. The summed E-state index contributed by atoms with van der Waals surface area (Å²) in [5.41, 5.74) is 1.96. The number of aromatic nitrogens is 1. The van der Waals surface area contributed by atoms with Crippen molar-refractivity contribution in [3.05, 3.63) is 52.3 Å². The molecule has 0 saturated carbocycles. The number of thiophene rings is 1. The Bertz CT molecular complexity index is 979. The average Bonchev–Trinajstić information content (AvgIpc) is 3.46. The molecule has 0 aliphatic carbocycles. The fourth-order valence-corrected chi connectivity index (χ4v) is 5.20. The van der Waals surface area contributed by atoms with E-state index in [-0.39, 0.29) is 5.91 Å². The maximum Gasteiger partial charge on any atom is 0.228 e.